The summed E-state index contributed by atoms with van der Waals surface area (Å²) in [4.78, 5) is 13.3. The quantitative estimate of drug-likeness (QED) is 0.767. The number of hydrogen-bond donors (Lipinski definition) is 2. The van der Waals surface area contributed by atoms with Gasteiger partial charge >= 0.3 is 0 Å². The van der Waals surface area contributed by atoms with Gasteiger partial charge in [0.05, 0.1) is 18.4 Å². The second-order valence-electron chi connectivity index (χ2n) is 5.22. The molecule has 2 aromatic carbocycles. The first-order valence-corrected chi connectivity index (χ1v) is 8.77. The second kappa shape index (κ2) is 8.60. The first-order valence-electron chi connectivity index (χ1n) is 7.54. The lowest BCUT2D eigenvalue weighted by molar-refractivity contribution is -0.682. The van der Waals surface area contributed by atoms with Crippen LogP contribution in [0.5, 0.6) is 5.75 Å². The van der Waals surface area contributed by atoms with E-state index in [1.54, 1.807) is 18.9 Å². The molecule has 1 amide bonds. The second-order valence-corrected chi connectivity index (χ2v) is 6.07. The first kappa shape index (κ1) is 17.4. The molecule has 2 rings (SSSR count). The Morgan fingerprint density at radius 1 is 1.22 bits per heavy atom. The number of para-hydroxylation sites is 2. The Labute approximate surface area is 141 Å². The standard InChI is InChI=1S/C18H22N2O2S/c1-13(14-8-4-6-10-16(14)22-2)19-12-18(21)20-15-9-5-7-11-17(15)23-3/h4-11,13,19H,12H2,1-3H3,(H,20,21)/p+1/t13-/m1/s1. The highest BCUT2D eigenvalue weighted by Crippen LogP contribution is 2.24. The number of amides is 1. The average molecular weight is 331 g/mol. The molecule has 0 saturated heterocycles. The Morgan fingerprint density at radius 2 is 1.91 bits per heavy atom. The van der Waals surface area contributed by atoms with E-state index >= 15 is 0 Å². The number of nitrogens with two attached hydrogens (primary N) is 1. The van der Waals surface area contributed by atoms with Crippen LogP contribution in [-0.2, 0) is 4.79 Å². The van der Waals surface area contributed by atoms with Gasteiger partial charge in [0.15, 0.2) is 6.54 Å². The molecule has 0 radical (unpaired) electrons. The molecule has 0 aromatic heterocycles. The molecule has 0 unspecified atom stereocenters. The third-order valence-corrected chi connectivity index (χ3v) is 4.46. The number of quaternary nitrogens is 1. The summed E-state index contributed by atoms with van der Waals surface area (Å²) in [6.45, 7) is 2.43. The van der Waals surface area contributed by atoms with E-state index in [2.05, 4.69) is 12.2 Å². The largest absolute Gasteiger partial charge is 0.496 e. The van der Waals surface area contributed by atoms with Crippen molar-refractivity contribution in [2.24, 2.45) is 0 Å². The molecule has 0 aliphatic heterocycles. The third-order valence-electron chi connectivity index (χ3n) is 3.67. The van der Waals surface area contributed by atoms with Gasteiger partial charge in [0.25, 0.3) is 5.91 Å². The van der Waals surface area contributed by atoms with Crippen molar-refractivity contribution < 1.29 is 14.8 Å². The number of carbonyl (C=O) groups is 1. The maximum absolute atomic E-state index is 12.2. The van der Waals surface area contributed by atoms with Crippen LogP contribution >= 0.6 is 11.8 Å². The SMILES string of the molecule is COc1ccccc1[C@@H](C)[NH2+]CC(=O)Nc1ccccc1SC. The summed E-state index contributed by atoms with van der Waals surface area (Å²) in [5.74, 6) is 0.845. The smallest absolute Gasteiger partial charge is 0.279 e. The van der Waals surface area contributed by atoms with Crippen molar-refractivity contribution in [3.05, 3.63) is 54.1 Å². The highest BCUT2D eigenvalue weighted by Gasteiger charge is 2.15. The van der Waals surface area contributed by atoms with Gasteiger partial charge in [-0.05, 0) is 37.4 Å². The van der Waals surface area contributed by atoms with Gasteiger partial charge in [0.1, 0.15) is 11.8 Å². The zero-order chi connectivity index (χ0) is 16.7. The predicted octanol–water partition coefficient (Wildman–Crippen LogP) is 2.68. The molecule has 0 heterocycles. The molecule has 1 atom stereocenters. The Bertz CT molecular complexity index is 661. The van der Waals surface area contributed by atoms with Crippen LogP contribution in [0, 0.1) is 0 Å². The lowest BCUT2D eigenvalue weighted by Gasteiger charge is -2.14. The van der Waals surface area contributed by atoms with Gasteiger partial charge in [-0.2, -0.15) is 0 Å². The molecule has 23 heavy (non-hydrogen) atoms. The number of methoxy groups -OCH3 is 1. The van der Waals surface area contributed by atoms with Crippen molar-refractivity contribution in [1.29, 1.82) is 0 Å². The highest BCUT2D eigenvalue weighted by molar-refractivity contribution is 7.98. The van der Waals surface area contributed by atoms with Crippen molar-refractivity contribution >= 4 is 23.4 Å². The van der Waals surface area contributed by atoms with Crippen LogP contribution in [0.4, 0.5) is 5.69 Å². The van der Waals surface area contributed by atoms with Gasteiger partial charge in [0, 0.05) is 4.90 Å². The van der Waals surface area contributed by atoms with Crippen LogP contribution in [0.3, 0.4) is 0 Å². The van der Waals surface area contributed by atoms with E-state index in [4.69, 9.17) is 4.74 Å². The lowest BCUT2D eigenvalue weighted by Crippen LogP contribution is -2.86. The van der Waals surface area contributed by atoms with Crippen molar-refractivity contribution in [3.63, 3.8) is 0 Å². The molecular weight excluding hydrogens is 308 g/mol. The van der Waals surface area contributed by atoms with E-state index in [9.17, 15) is 4.79 Å². The van der Waals surface area contributed by atoms with E-state index in [1.807, 2.05) is 60.1 Å². The minimum absolute atomic E-state index is 0.00625. The van der Waals surface area contributed by atoms with E-state index < -0.39 is 0 Å². The summed E-state index contributed by atoms with van der Waals surface area (Å²) in [5, 5.41) is 4.98. The monoisotopic (exact) mass is 331 g/mol. The maximum atomic E-state index is 12.2. The zero-order valence-electron chi connectivity index (χ0n) is 13.7. The Hall–Kier alpha value is -1.98. The number of ether oxygens (including phenoxy) is 1. The number of thioether (sulfide) groups is 1. The highest BCUT2D eigenvalue weighted by atomic mass is 32.2. The molecule has 0 bridgehead atoms. The van der Waals surface area contributed by atoms with Crippen LogP contribution < -0.4 is 15.4 Å². The summed E-state index contributed by atoms with van der Waals surface area (Å²) >= 11 is 1.62. The van der Waals surface area contributed by atoms with E-state index in [-0.39, 0.29) is 11.9 Å². The number of rotatable bonds is 7. The van der Waals surface area contributed by atoms with Gasteiger partial charge in [-0.15, -0.1) is 11.8 Å². The Balaban J connectivity index is 1.94. The normalized spacial score (nSPS) is 11.8. The van der Waals surface area contributed by atoms with Gasteiger partial charge in [0.2, 0.25) is 0 Å². The molecule has 4 nitrogen and oxygen atoms in total. The van der Waals surface area contributed by atoms with E-state index in [0.29, 0.717) is 6.54 Å². The number of anilines is 1. The summed E-state index contributed by atoms with van der Waals surface area (Å²) in [6.07, 6.45) is 2.00. The zero-order valence-corrected chi connectivity index (χ0v) is 14.5. The fourth-order valence-electron chi connectivity index (χ4n) is 2.40. The molecule has 2 aromatic rings. The van der Waals surface area contributed by atoms with Gasteiger partial charge in [-0.25, -0.2) is 0 Å². The average Bonchev–Trinajstić information content (AvgIpc) is 2.60. The summed E-state index contributed by atoms with van der Waals surface area (Å²) in [7, 11) is 1.66. The third kappa shape index (κ3) is 4.74. The molecule has 5 heteroatoms. The molecule has 3 N–H and O–H groups in total. The van der Waals surface area contributed by atoms with Crippen LogP contribution in [-0.4, -0.2) is 25.8 Å². The molecular formula is C18H23N2O2S+. The minimum atomic E-state index is -0.00625. The first-order chi connectivity index (χ1) is 11.2. The van der Waals surface area contributed by atoms with Crippen molar-refractivity contribution in [2.45, 2.75) is 17.9 Å². The topological polar surface area (TPSA) is 54.9 Å². The fourth-order valence-corrected chi connectivity index (χ4v) is 2.96. The summed E-state index contributed by atoms with van der Waals surface area (Å²) in [5.41, 5.74) is 1.95. The van der Waals surface area contributed by atoms with Gasteiger partial charge < -0.3 is 15.4 Å². The van der Waals surface area contributed by atoms with Crippen molar-refractivity contribution in [2.75, 3.05) is 25.2 Å². The molecule has 0 aliphatic carbocycles. The number of carbonyl (C=O) groups excluding carboxylic acids is 1. The molecule has 0 spiro atoms. The summed E-state index contributed by atoms with van der Waals surface area (Å²) in [6, 6.07) is 15.9. The Morgan fingerprint density at radius 3 is 2.65 bits per heavy atom. The lowest BCUT2D eigenvalue weighted by atomic mass is 10.1. The molecule has 0 fully saturated rings. The van der Waals surface area contributed by atoms with Crippen molar-refractivity contribution in [3.8, 4) is 5.75 Å². The number of benzene rings is 2. The summed E-state index contributed by atoms with van der Waals surface area (Å²) < 4.78 is 5.38. The number of nitrogens with one attached hydrogen (secondary N) is 1. The maximum Gasteiger partial charge on any atom is 0.279 e. The predicted molar refractivity (Wildman–Crippen MR) is 95.1 cm³/mol. The molecule has 0 saturated carbocycles. The molecule has 0 aliphatic rings. The van der Waals surface area contributed by atoms with Gasteiger partial charge in [-0.1, -0.05) is 24.3 Å². The van der Waals surface area contributed by atoms with Crippen LogP contribution in [0.25, 0.3) is 0 Å². The molecule has 122 valence electrons. The Kier molecular flexibility index (Phi) is 6.50. The number of hydrogen-bond acceptors (Lipinski definition) is 3. The fraction of sp³-hybridized carbons (Fsp3) is 0.278. The minimum Gasteiger partial charge on any atom is -0.496 e. The van der Waals surface area contributed by atoms with Gasteiger partial charge in [-0.3, -0.25) is 4.79 Å². The van der Waals surface area contributed by atoms with Crippen LogP contribution in [0.1, 0.15) is 18.5 Å². The van der Waals surface area contributed by atoms with Crippen LogP contribution in [0.2, 0.25) is 0 Å². The van der Waals surface area contributed by atoms with E-state index in [1.165, 1.54) is 0 Å². The van der Waals surface area contributed by atoms with E-state index in [0.717, 1.165) is 21.9 Å². The van der Waals surface area contributed by atoms with Crippen LogP contribution in [0.15, 0.2) is 53.4 Å². The van der Waals surface area contributed by atoms with Crippen molar-refractivity contribution in [1.82, 2.24) is 0 Å².